The lowest BCUT2D eigenvalue weighted by Crippen LogP contribution is -2.45. The molecule has 5 heteroatoms. The van der Waals surface area contributed by atoms with Crippen LogP contribution in [0, 0.1) is 5.92 Å². The topological polar surface area (TPSA) is 54.5 Å². The summed E-state index contributed by atoms with van der Waals surface area (Å²) in [4.78, 5) is 18.2. The summed E-state index contributed by atoms with van der Waals surface area (Å²) < 4.78 is 5.74. The Hall–Kier alpha value is -1.62. The third kappa shape index (κ3) is 3.70. The fourth-order valence-corrected chi connectivity index (χ4v) is 2.34. The Balaban J connectivity index is 2.11. The van der Waals surface area contributed by atoms with E-state index in [2.05, 4.69) is 29.0 Å². The first-order chi connectivity index (χ1) is 9.45. The van der Waals surface area contributed by atoms with E-state index in [4.69, 9.17) is 4.74 Å². The first kappa shape index (κ1) is 14.8. The van der Waals surface area contributed by atoms with E-state index in [-0.39, 0.29) is 24.0 Å². The molecule has 2 atom stereocenters. The first-order valence-corrected chi connectivity index (χ1v) is 7.13. The number of nitrogens with zero attached hydrogens (tertiary/aromatic N) is 2. The minimum absolute atomic E-state index is 0.0154. The van der Waals surface area contributed by atoms with Crippen molar-refractivity contribution in [3.63, 3.8) is 0 Å². The van der Waals surface area contributed by atoms with Gasteiger partial charge in [-0.2, -0.15) is 0 Å². The van der Waals surface area contributed by atoms with Crippen molar-refractivity contribution in [2.24, 2.45) is 5.92 Å². The van der Waals surface area contributed by atoms with Gasteiger partial charge >= 0.3 is 0 Å². The van der Waals surface area contributed by atoms with E-state index in [1.54, 1.807) is 6.20 Å². The molecule has 1 saturated heterocycles. The van der Waals surface area contributed by atoms with Crippen LogP contribution in [0.5, 0.6) is 0 Å². The predicted molar refractivity (Wildman–Crippen MR) is 79.9 cm³/mol. The fraction of sp³-hybridized carbons (Fsp3) is 0.600. The maximum Gasteiger partial charge on any atom is 0.228 e. The van der Waals surface area contributed by atoms with Crippen molar-refractivity contribution in [1.29, 1.82) is 0 Å². The Morgan fingerprint density at radius 2 is 2.05 bits per heavy atom. The van der Waals surface area contributed by atoms with Crippen LogP contribution in [0.2, 0.25) is 0 Å². The molecule has 1 fully saturated rings. The summed E-state index contributed by atoms with van der Waals surface area (Å²) in [5.41, 5.74) is 1.07. The lowest BCUT2D eigenvalue weighted by Gasteiger charge is -2.36. The van der Waals surface area contributed by atoms with Gasteiger partial charge in [0, 0.05) is 37.0 Å². The van der Waals surface area contributed by atoms with Gasteiger partial charge in [-0.15, -0.1) is 0 Å². The Kier molecular flexibility index (Phi) is 4.60. The highest BCUT2D eigenvalue weighted by atomic mass is 16.5. The lowest BCUT2D eigenvalue weighted by molar-refractivity contribution is -0.118. The number of morpholine rings is 1. The molecule has 2 heterocycles. The molecule has 0 unspecified atom stereocenters. The average molecular weight is 277 g/mol. The number of pyridine rings is 1. The van der Waals surface area contributed by atoms with Crippen LogP contribution in [-0.4, -0.2) is 36.2 Å². The molecule has 1 amide bonds. The summed E-state index contributed by atoms with van der Waals surface area (Å²) in [5.74, 6) is 0.537. The number of hydrogen-bond donors (Lipinski definition) is 1. The van der Waals surface area contributed by atoms with Crippen LogP contribution >= 0.6 is 0 Å². The molecule has 0 aromatic carbocycles. The molecule has 0 bridgehead atoms. The van der Waals surface area contributed by atoms with Crippen molar-refractivity contribution >= 4 is 17.4 Å². The third-order valence-corrected chi connectivity index (χ3v) is 3.30. The second-order valence-electron chi connectivity index (χ2n) is 5.71. The summed E-state index contributed by atoms with van der Waals surface area (Å²) in [7, 11) is 0. The highest BCUT2D eigenvalue weighted by molar-refractivity contribution is 5.91. The van der Waals surface area contributed by atoms with Gasteiger partial charge in [0.2, 0.25) is 5.91 Å². The van der Waals surface area contributed by atoms with Crippen molar-refractivity contribution in [2.75, 3.05) is 23.3 Å². The van der Waals surface area contributed by atoms with Crippen molar-refractivity contribution in [3.8, 4) is 0 Å². The van der Waals surface area contributed by atoms with Crippen LogP contribution < -0.4 is 10.2 Å². The zero-order valence-electron chi connectivity index (χ0n) is 12.6. The quantitative estimate of drug-likeness (QED) is 0.921. The number of nitrogens with one attached hydrogen (secondary N) is 1. The van der Waals surface area contributed by atoms with Gasteiger partial charge in [-0.1, -0.05) is 13.8 Å². The van der Waals surface area contributed by atoms with Crippen LogP contribution in [0.15, 0.2) is 18.3 Å². The van der Waals surface area contributed by atoms with E-state index < -0.39 is 0 Å². The van der Waals surface area contributed by atoms with Gasteiger partial charge in [0.05, 0.1) is 12.2 Å². The van der Waals surface area contributed by atoms with Gasteiger partial charge in [0.15, 0.2) is 0 Å². The number of aromatic nitrogens is 1. The SMILES string of the molecule is CC(C)C(=O)Nc1cc(N2C[C@@H](C)O[C@@H](C)C2)ccn1. The number of carbonyl (C=O) groups excluding carboxylic acids is 1. The number of amides is 1. The second kappa shape index (κ2) is 6.22. The predicted octanol–water partition coefficient (Wildman–Crippen LogP) is 2.29. The minimum Gasteiger partial charge on any atom is -0.372 e. The molecule has 5 nitrogen and oxygen atoms in total. The van der Waals surface area contributed by atoms with Gasteiger partial charge < -0.3 is 15.0 Å². The molecule has 1 aliphatic rings. The zero-order valence-corrected chi connectivity index (χ0v) is 12.6. The molecule has 1 aromatic heterocycles. The smallest absolute Gasteiger partial charge is 0.228 e. The summed E-state index contributed by atoms with van der Waals surface area (Å²) in [5, 5.41) is 2.84. The molecule has 1 N–H and O–H groups in total. The zero-order chi connectivity index (χ0) is 14.7. The van der Waals surface area contributed by atoms with E-state index >= 15 is 0 Å². The van der Waals surface area contributed by atoms with E-state index in [1.807, 2.05) is 26.0 Å². The van der Waals surface area contributed by atoms with Crippen LogP contribution in [0.4, 0.5) is 11.5 Å². The number of carbonyl (C=O) groups is 1. The Morgan fingerprint density at radius 3 is 2.65 bits per heavy atom. The number of ether oxygens (including phenoxy) is 1. The third-order valence-electron chi connectivity index (χ3n) is 3.30. The van der Waals surface area contributed by atoms with E-state index in [0.29, 0.717) is 5.82 Å². The molecule has 0 aliphatic carbocycles. The standard InChI is InChI=1S/C15H23N3O2/c1-10(2)15(19)17-14-7-13(5-6-16-14)18-8-11(3)20-12(4)9-18/h5-7,10-12H,8-9H2,1-4H3,(H,16,17,19)/t11-,12+. The Bertz CT molecular complexity index is 466. The van der Waals surface area contributed by atoms with Crippen molar-refractivity contribution in [1.82, 2.24) is 4.98 Å². The lowest BCUT2D eigenvalue weighted by atomic mass is 10.2. The first-order valence-electron chi connectivity index (χ1n) is 7.13. The second-order valence-corrected chi connectivity index (χ2v) is 5.71. The van der Waals surface area contributed by atoms with Gasteiger partial charge in [-0.25, -0.2) is 4.98 Å². The molecule has 1 aromatic rings. The molecule has 0 saturated carbocycles. The van der Waals surface area contributed by atoms with Gasteiger partial charge in [0.25, 0.3) is 0 Å². The van der Waals surface area contributed by atoms with Crippen LogP contribution in [0.25, 0.3) is 0 Å². The van der Waals surface area contributed by atoms with Gasteiger partial charge in [0.1, 0.15) is 5.82 Å². The molecular formula is C15H23N3O2. The van der Waals surface area contributed by atoms with Crippen molar-refractivity contribution < 1.29 is 9.53 Å². The highest BCUT2D eigenvalue weighted by Crippen LogP contribution is 2.22. The van der Waals surface area contributed by atoms with Crippen LogP contribution in [0.3, 0.4) is 0 Å². The van der Waals surface area contributed by atoms with Crippen molar-refractivity contribution in [3.05, 3.63) is 18.3 Å². The summed E-state index contributed by atoms with van der Waals surface area (Å²) in [6.45, 7) is 9.59. The maximum atomic E-state index is 11.7. The number of hydrogen-bond acceptors (Lipinski definition) is 4. The summed E-state index contributed by atoms with van der Waals surface area (Å²) in [6.07, 6.45) is 2.15. The molecule has 2 rings (SSSR count). The number of anilines is 2. The molecular weight excluding hydrogens is 254 g/mol. The van der Waals surface area contributed by atoms with Crippen LogP contribution in [-0.2, 0) is 9.53 Å². The molecule has 0 spiro atoms. The van der Waals surface area contributed by atoms with E-state index in [1.165, 1.54) is 0 Å². The summed E-state index contributed by atoms with van der Waals surface area (Å²) >= 11 is 0. The van der Waals surface area contributed by atoms with Gasteiger partial charge in [-0.3, -0.25) is 4.79 Å². The highest BCUT2D eigenvalue weighted by Gasteiger charge is 2.22. The largest absolute Gasteiger partial charge is 0.372 e. The molecule has 110 valence electrons. The van der Waals surface area contributed by atoms with E-state index in [0.717, 1.165) is 18.8 Å². The van der Waals surface area contributed by atoms with Crippen molar-refractivity contribution in [2.45, 2.75) is 39.9 Å². The Labute approximate surface area is 120 Å². The maximum absolute atomic E-state index is 11.7. The average Bonchev–Trinajstić information content (AvgIpc) is 2.37. The minimum atomic E-state index is -0.0520. The Morgan fingerprint density at radius 1 is 1.40 bits per heavy atom. The van der Waals surface area contributed by atoms with Gasteiger partial charge in [-0.05, 0) is 19.9 Å². The van der Waals surface area contributed by atoms with E-state index in [9.17, 15) is 4.79 Å². The monoisotopic (exact) mass is 277 g/mol. The fourth-order valence-electron chi connectivity index (χ4n) is 2.34. The molecule has 1 aliphatic heterocycles. The summed E-state index contributed by atoms with van der Waals surface area (Å²) in [6, 6.07) is 3.89. The van der Waals surface area contributed by atoms with Crippen LogP contribution in [0.1, 0.15) is 27.7 Å². The number of rotatable bonds is 3. The molecule has 20 heavy (non-hydrogen) atoms. The molecule has 0 radical (unpaired) electrons. The normalized spacial score (nSPS) is 22.9.